The molecule has 0 fully saturated rings. The van der Waals surface area contributed by atoms with Crippen LogP contribution in [-0.4, -0.2) is 20.5 Å². The minimum Gasteiger partial charge on any atom is -0.293 e. The number of hydrogen-bond acceptors (Lipinski definition) is 4. The summed E-state index contributed by atoms with van der Waals surface area (Å²) in [5.41, 5.74) is 3.99. The highest BCUT2D eigenvalue weighted by atomic mass is 16.1. The van der Waals surface area contributed by atoms with Gasteiger partial charge in [0.1, 0.15) is 6.07 Å². The maximum absolute atomic E-state index is 12.4. The van der Waals surface area contributed by atoms with Gasteiger partial charge in [0, 0.05) is 30.1 Å². The Labute approximate surface area is 147 Å². The van der Waals surface area contributed by atoms with Gasteiger partial charge in [-0.15, -0.1) is 0 Å². The SMILES string of the molecule is C[C@@H]1C(=O)C(C#N)=C[C@]2(C)c3nn(C)c(-c4ccccn4)c3CC[C@@H]12. The summed E-state index contributed by atoms with van der Waals surface area (Å²) >= 11 is 0. The normalized spacial score (nSPS) is 27.9. The Morgan fingerprint density at radius 2 is 2.20 bits per heavy atom. The first-order chi connectivity index (χ1) is 12.0. The van der Waals surface area contributed by atoms with E-state index in [1.165, 1.54) is 5.56 Å². The fraction of sp³-hybridized carbons (Fsp3) is 0.400. The molecule has 0 aliphatic heterocycles. The number of rotatable bonds is 1. The van der Waals surface area contributed by atoms with Gasteiger partial charge < -0.3 is 0 Å². The highest BCUT2D eigenvalue weighted by Crippen LogP contribution is 2.50. The maximum Gasteiger partial charge on any atom is 0.176 e. The topological polar surface area (TPSA) is 71.6 Å². The Bertz CT molecular complexity index is 935. The third kappa shape index (κ3) is 2.10. The van der Waals surface area contributed by atoms with Crippen LogP contribution in [0, 0.1) is 23.2 Å². The molecule has 0 radical (unpaired) electrons. The monoisotopic (exact) mass is 332 g/mol. The molecule has 2 aromatic heterocycles. The lowest BCUT2D eigenvalue weighted by Gasteiger charge is -2.44. The minimum atomic E-state index is -0.392. The van der Waals surface area contributed by atoms with E-state index in [1.54, 1.807) is 6.20 Å². The van der Waals surface area contributed by atoms with Crippen LogP contribution in [-0.2, 0) is 23.7 Å². The average molecular weight is 332 g/mol. The molecule has 2 aliphatic rings. The zero-order chi connectivity index (χ0) is 17.8. The van der Waals surface area contributed by atoms with Crippen molar-refractivity contribution in [1.29, 1.82) is 5.26 Å². The first kappa shape index (κ1) is 15.8. The molecule has 0 N–H and O–H groups in total. The Kier molecular flexibility index (Phi) is 3.40. The van der Waals surface area contributed by atoms with Crippen LogP contribution in [0.3, 0.4) is 0 Å². The summed E-state index contributed by atoms with van der Waals surface area (Å²) in [5, 5.41) is 14.2. The van der Waals surface area contributed by atoms with E-state index in [0.29, 0.717) is 0 Å². The number of aromatic nitrogens is 3. The Morgan fingerprint density at radius 3 is 2.88 bits per heavy atom. The lowest BCUT2D eigenvalue weighted by Crippen LogP contribution is -2.45. The van der Waals surface area contributed by atoms with Gasteiger partial charge in [0.15, 0.2) is 5.78 Å². The second-order valence-corrected chi connectivity index (χ2v) is 7.26. The van der Waals surface area contributed by atoms with Crippen molar-refractivity contribution in [3.05, 3.63) is 47.3 Å². The molecule has 0 spiro atoms. The van der Waals surface area contributed by atoms with Gasteiger partial charge in [0.05, 0.1) is 22.7 Å². The van der Waals surface area contributed by atoms with Crippen LogP contribution in [0.5, 0.6) is 0 Å². The summed E-state index contributed by atoms with van der Waals surface area (Å²) in [7, 11) is 1.94. The highest BCUT2D eigenvalue weighted by molar-refractivity contribution is 6.02. The molecule has 3 atom stereocenters. The number of allylic oxidation sites excluding steroid dienone is 2. The summed E-state index contributed by atoms with van der Waals surface area (Å²) in [6, 6.07) is 7.97. The molecule has 5 heteroatoms. The second-order valence-electron chi connectivity index (χ2n) is 7.26. The van der Waals surface area contributed by atoms with E-state index < -0.39 is 5.41 Å². The first-order valence-electron chi connectivity index (χ1n) is 8.62. The molecule has 0 saturated heterocycles. The summed E-state index contributed by atoms with van der Waals surface area (Å²) in [4.78, 5) is 16.9. The third-order valence-corrected chi connectivity index (χ3v) is 5.89. The van der Waals surface area contributed by atoms with E-state index in [1.807, 2.05) is 42.9 Å². The number of pyridine rings is 1. The molecule has 2 aliphatic carbocycles. The van der Waals surface area contributed by atoms with Gasteiger partial charge in [0.25, 0.3) is 0 Å². The van der Waals surface area contributed by atoms with Crippen molar-refractivity contribution < 1.29 is 4.79 Å². The lowest BCUT2D eigenvalue weighted by molar-refractivity contribution is -0.121. The summed E-state index contributed by atoms with van der Waals surface area (Å²) in [6.07, 6.45) is 5.43. The minimum absolute atomic E-state index is 0.0331. The average Bonchev–Trinajstić information content (AvgIpc) is 2.96. The quantitative estimate of drug-likeness (QED) is 0.805. The molecule has 4 rings (SSSR count). The zero-order valence-corrected chi connectivity index (χ0v) is 14.7. The number of aryl methyl sites for hydroxylation is 1. The molecular weight excluding hydrogens is 312 g/mol. The first-order valence-corrected chi connectivity index (χ1v) is 8.62. The lowest BCUT2D eigenvalue weighted by atomic mass is 9.58. The van der Waals surface area contributed by atoms with Crippen molar-refractivity contribution >= 4 is 5.78 Å². The summed E-state index contributed by atoms with van der Waals surface area (Å²) < 4.78 is 1.89. The Hall–Kier alpha value is -2.74. The summed E-state index contributed by atoms with van der Waals surface area (Å²) in [6.45, 7) is 4.06. The second kappa shape index (κ2) is 5.38. The van der Waals surface area contributed by atoms with Crippen LogP contribution < -0.4 is 0 Å². The molecule has 5 nitrogen and oxygen atoms in total. The van der Waals surface area contributed by atoms with Crippen LogP contribution in [0.25, 0.3) is 11.4 Å². The van der Waals surface area contributed by atoms with Crippen molar-refractivity contribution in [3.8, 4) is 17.5 Å². The number of nitrogens with zero attached hydrogens (tertiary/aromatic N) is 4. The van der Waals surface area contributed by atoms with Crippen molar-refractivity contribution in [3.63, 3.8) is 0 Å². The van der Waals surface area contributed by atoms with E-state index in [4.69, 9.17) is 5.10 Å². The smallest absolute Gasteiger partial charge is 0.176 e. The van der Waals surface area contributed by atoms with Crippen molar-refractivity contribution in [2.24, 2.45) is 18.9 Å². The number of Topliss-reactive ketones (excluding diaryl/α,β-unsaturated/α-hetero) is 1. The molecule has 2 aromatic rings. The Morgan fingerprint density at radius 1 is 1.40 bits per heavy atom. The van der Waals surface area contributed by atoms with Gasteiger partial charge in [-0.2, -0.15) is 10.4 Å². The van der Waals surface area contributed by atoms with E-state index in [0.717, 1.165) is 29.9 Å². The molecular formula is C20H20N4O. The van der Waals surface area contributed by atoms with Crippen LogP contribution in [0.1, 0.15) is 31.5 Å². The Balaban J connectivity index is 1.94. The van der Waals surface area contributed by atoms with E-state index >= 15 is 0 Å². The van der Waals surface area contributed by atoms with Gasteiger partial charge in [-0.25, -0.2) is 0 Å². The van der Waals surface area contributed by atoms with E-state index in [-0.39, 0.29) is 23.2 Å². The molecule has 2 heterocycles. The zero-order valence-electron chi connectivity index (χ0n) is 14.7. The fourth-order valence-corrected chi connectivity index (χ4v) is 4.67. The van der Waals surface area contributed by atoms with Gasteiger partial charge in [0.2, 0.25) is 0 Å². The number of carbonyl (C=O) groups excluding carboxylic acids is 1. The van der Waals surface area contributed by atoms with Crippen molar-refractivity contribution in [2.45, 2.75) is 32.1 Å². The van der Waals surface area contributed by atoms with Crippen molar-refractivity contribution in [1.82, 2.24) is 14.8 Å². The molecule has 0 amide bonds. The predicted molar refractivity (Wildman–Crippen MR) is 93.5 cm³/mol. The molecule has 0 saturated carbocycles. The number of carbonyl (C=O) groups is 1. The summed E-state index contributed by atoms with van der Waals surface area (Å²) in [5.74, 6) is -0.0107. The number of hydrogen-bond donors (Lipinski definition) is 0. The largest absolute Gasteiger partial charge is 0.293 e. The third-order valence-electron chi connectivity index (χ3n) is 5.89. The maximum atomic E-state index is 12.4. The van der Waals surface area contributed by atoms with Gasteiger partial charge >= 0.3 is 0 Å². The molecule has 0 bridgehead atoms. The number of nitriles is 1. The van der Waals surface area contributed by atoms with Gasteiger partial charge in [-0.1, -0.05) is 26.0 Å². The number of ketones is 1. The van der Waals surface area contributed by atoms with Gasteiger partial charge in [-0.3, -0.25) is 14.5 Å². The number of fused-ring (bicyclic) bond motifs is 3. The van der Waals surface area contributed by atoms with E-state index in [9.17, 15) is 10.1 Å². The van der Waals surface area contributed by atoms with Crippen LogP contribution in [0.2, 0.25) is 0 Å². The highest BCUT2D eigenvalue weighted by Gasteiger charge is 2.50. The van der Waals surface area contributed by atoms with Crippen molar-refractivity contribution in [2.75, 3.05) is 0 Å². The molecule has 0 unspecified atom stereocenters. The molecule has 0 aromatic carbocycles. The fourth-order valence-electron chi connectivity index (χ4n) is 4.67. The van der Waals surface area contributed by atoms with Gasteiger partial charge in [-0.05, 0) is 30.9 Å². The van der Waals surface area contributed by atoms with E-state index in [2.05, 4.69) is 18.0 Å². The molecule has 126 valence electrons. The molecule has 25 heavy (non-hydrogen) atoms. The van der Waals surface area contributed by atoms with Crippen LogP contribution in [0.4, 0.5) is 0 Å². The predicted octanol–water partition coefficient (Wildman–Crippen LogP) is 2.97. The van der Waals surface area contributed by atoms with Crippen LogP contribution in [0.15, 0.2) is 36.0 Å². The van der Waals surface area contributed by atoms with Crippen LogP contribution >= 0.6 is 0 Å². The standard InChI is InChI=1S/C20H20N4O/c1-12-15-8-7-14-17(16-6-4-5-9-22-16)24(3)23-19(14)20(15,2)10-13(11-21)18(12)25/h4-6,9-10,12,15H,7-8H2,1-3H3/t12-,15-,20-/m0/s1.